The van der Waals surface area contributed by atoms with Gasteiger partial charge in [0.25, 0.3) is 0 Å². The van der Waals surface area contributed by atoms with E-state index >= 15 is 0 Å². The Balaban J connectivity index is 1.64. The Morgan fingerprint density at radius 1 is 1.13 bits per heavy atom. The number of hydrogen-bond donors (Lipinski definition) is 1. The average Bonchev–Trinajstić information content (AvgIpc) is 2.79. The maximum Gasteiger partial charge on any atom is 0.243 e. The lowest BCUT2D eigenvalue weighted by Crippen LogP contribution is -2.45. The van der Waals surface area contributed by atoms with Gasteiger partial charge in [-0.1, -0.05) is 12.1 Å². The van der Waals surface area contributed by atoms with Crippen LogP contribution < -0.4 is 14.8 Å². The fourth-order valence-corrected chi connectivity index (χ4v) is 5.23. The van der Waals surface area contributed by atoms with E-state index in [0.29, 0.717) is 31.7 Å². The smallest absolute Gasteiger partial charge is 0.243 e. The van der Waals surface area contributed by atoms with Crippen molar-refractivity contribution >= 4 is 15.9 Å². The van der Waals surface area contributed by atoms with Gasteiger partial charge in [-0.2, -0.15) is 4.31 Å². The Kier molecular flexibility index (Phi) is 7.56. The van der Waals surface area contributed by atoms with Gasteiger partial charge in [0.1, 0.15) is 11.5 Å². The lowest BCUT2D eigenvalue weighted by molar-refractivity contribution is -0.126. The van der Waals surface area contributed by atoms with Crippen LogP contribution >= 0.6 is 0 Å². The van der Waals surface area contributed by atoms with Crippen molar-refractivity contribution in [1.29, 1.82) is 0 Å². The summed E-state index contributed by atoms with van der Waals surface area (Å²) in [5.74, 6) is 0.873. The molecule has 0 aromatic heterocycles. The van der Waals surface area contributed by atoms with Crippen molar-refractivity contribution in [3.8, 4) is 11.5 Å². The molecular weight excluding hydrogens is 416 g/mol. The summed E-state index contributed by atoms with van der Waals surface area (Å²) in [5, 5.41) is 3.03. The predicted molar refractivity (Wildman–Crippen MR) is 119 cm³/mol. The minimum Gasteiger partial charge on any atom is -0.497 e. The number of ether oxygens (including phenoxy) is 2. The number of sulfonamides is 1. The summed E-state index contributed by atoms with van der Waals surface area (Å²) in [6, 6.07) is 13.7. The molecule has 2 unspecified atom stereocenters. The number of carbonyl (C=O) groups excluding carboxylic acids is 1. The van der Waals surface area contributed by atoms with Gasteiger partial charge in [-0.15, -0.1) is 0 Å². The quantitative estimate of drug-likeness (QED) is 0.672. The molecule has 1 saturated heterocycles. The molecule has 2 aromatic carbocycles. The maximum atomic E-state index is 13.0. The molecule has 1 fully saturated rings. The lowest BCUT2D eigenvalue weighted by Gasteiger charge is -2.32. The normalized spacial score (nSPS) is 18.2. The van der Waals surface area contributed by atoms with Gasteiger partial charge >= 0.3 is 0 Å². The second-order valence-corrected chi connectivity index (χ2v) is 9.55. The Morgan fingerprint density at radius 3 is 2.39 bits per heavy atom. The van der Waals surface area contributed by atoms with E-state index in [1.165, 1.54) is 23.5 Å². The molecule has 0 spiro atoms. The first-order valence-corrected chi connectivity index (χ1v) is 12.0. The topological polar surface area (TPSA) is 84.9 Å². The largest absolute Gasteiger partial charge is 0.497 e. The maximum absolute atomic E-state index is 13.0. The molecule has 2 atom stereocenters. The Hall–Kier alpha value is -2.58. The molecule has 0 bridgehead atoms. The highest BCUT2D eigenvalue weighted by atomic mass is 32.2. The standard InChI is InChI=1S/C23H30N2O5S/c1-4-30-21-9-7-18(8-10-21)17(2)24-23(26)19-6-5-15-25(16-19)31(27,28)22-13-11-20(29-3)12-14-22/h7-14,17,19H,4-6,15-16H2,1-3H3,(H,24,26). The van der Waals surface area contributed by atoms with Gasteiger partial charge in [0.2, 0.25) is 15.9 Å². The molecule has 2 aromatic rings. The monoisotopic (exact) mass is 446 g/mol. The van der Waals surface area contributed by atoms with Crippen LogP contribution in [0, 0.1) is 5.92 Å². The van der Waals surface area contributed by atoms with Crippen molar-refractivity contribution in [3.63, 3.8) is 0 Å². The summed E-state index contributed by atoms with van der Waals surface area (Å²) in [5.41, 5.74) is 0.968. The van der Waals surface area contributed by atoms with Crippen LogP contribution in [0.15, 0.2) is 53.4 Å². The molecule has 168 valence electrons. The van der Waals surface area contributed by atoms with E-state index in [2.05, 4.69) is 5.32 Å². The highest BCUT2D eigenvalue weighted by Crippen LogP contribution is 2.26. The van der Waals surface area contributed by atoms with Crippen molar-refractivity contribution < 1.29 is 22.7 Å². The molecule has 31 heavy (non-hydrogen) atoms. The highest BCUT2D eigenvalue weighted by molar-refractivity contribution is 7.89. The molecule has 3 rings (SSSR count). The van der Waals surface area contributed by atoms with Gasteiger partial charge in [-0.05, 0) is 68.7 Å². The molecule has 8 heteroatoms. The Morgan fingerprint density at radius 2 is 1.77 bits per heavy atom. The second kappa shape index (κ2) is 10.2. The van der Waals surface area contributed by atoms with E-state index in [0.717, 1.165) is 11.3 Å². The molecule has 7 nitrogen and oxygen atoms in total. The third-order valence-electron chi connectivity index (χ3n) is 5.50. The van der Waals surface area contributed by atoms with Crippen molar-refractivity contribution in [2.24, 2.45) is 5.92 Å². The number of rotatable bonds is 8. The molecular formula is C23H30N2O5S. The molecule has 0 radical (unpaired) electrons. The van der Waals surface area contributed by atoms with Crippen LogP contribution in [0.5, 0.6) is 11.5 Å². The summed E-state index contributed by atoms with van der Waals surface area (Å²) in [6.45, 7) is 5.04. The van der Waals surface area contributed by atoms with E-state index in [-0.39, 0.29) is 29.3 Å². The van der Waals surface area contributed by atoms with Gasteiger partial charge in [-0.25, -0.2) is 8.42 Å². The zero-order valence-electron chi connectivity index (χ0n) is 18.2. The Bertz CT molecular complexity index is 974. The van der Waals surface area contributed by atoms with Crippen LogP contribution in [0.3, 0.4) is 0 Å². The summed E-state index contributed by atoms with van der Waals surface area (Å²) < 4.78 is 38.0. The summed E-state index contributed by atoms with van der Waals surface area (Å²) in [4.78, 5) is 13.1. The second-order valence-electron chi connectivity index (χ2n) is 7.61. The van der Waals surface area contributed by atoms with Crippen molar-refractivity contribution in [3.05, 3.63) is 54.1 Å². The molecule has 0 aliphatic carbocycles. The van der Waals surface area contributed by atoms with Crippen LogP contribution in [-0.2, 0) is 14.8 Å². The van der Waals surface area contributed by atoms with E-state index in [1.54, 1.807) is 12.1 Å². The number of carbonyl (C=O) groups is 1. The van der Waals surface area contributed by atoms with Gasteiger partial charge in [0.15, 0.2) is 0 Å². The van der Waals surface area contributed by atoms with Crippen molar-refractivity contribution in [2.45, 2.75) is 37.6 Å². The fraction of sp³-hybridized carbons (Fsp3) is 0.435. The third-order valence-corrected chi connectivity index (χ3v) is 7.38. The van der Waals surface area contributed by atoms with E-state index < -0.39 is 10.0 Å². The van der Waals surface area contributed by atoms with Gasteiger partial charge < -0.3 is 14.8 Å². The van der Waals surface area contributed by atoms with Gasteiger partial charge in [-0.3, -0.25) is 4.79 Å². The first kappa shape index (κ1) is 23.1. The molecule has 1 aliphatic rings. The molecule has 1 amide bonds. The zero-order chi connectivity index (χ0) is 22.4. The number of methoxy groups -OCH3 is 1. The molecule has 0 saturated carbocycles. The zero-order valence-corrected chi connectivity index (χ0v) is 19.0. The lowest BCUT2D eigenvalue weighted by atomic mass is 9.98. The van der Waals surface area contributed by atoms with Gasteiger partial charge in [0.05, 0.1) is 30.6 Å². The summed E-state index contributed by atoms with van der Waals surface area (Å²) in [7, 11) is -2.13. The van der Waals surface area contributed by atoms with Crippen LogP contribution in [0.4, 0.5) is 0 Å². The highest BCUT2D eigenvalue weighted by Gasteiger charge is 2.33. The number of piperidine rings is 1. The number of amides is 1. The first-order chi connectivity index (χ1) is 14.8. The predicted octanol–water partition coefficient (Wildman–Crippen LogP) is 3.37. The number of nitrogens with zero attached hydrogens (tertiary/aromatic N) is 1. The van der Waals surface area contributed by atoms with Crippen LogP contribution in [0.25, 0.3) is 0 Å². The minimum absolute atomic E-state index is 0.129. The van der Waals surface area contributed by atoms with Crippen LogP contribution in [0.1, 0.15) is 38.3 Å². The number of benzene rings is 2. The first-order valence-electron chi connectivity index (χ1n) is 10.5. The molecule has 1 aliphatic heterocycles. The number of nitrogens with one attached hydrogen (secondary N) is 1. The van der Waals surface area contributed by atoms with E-state index in [4.69, 9.17) is 9.47 Å². The summed E-state index contributed by atoms with van der Waals surface area (Å²) >= 11 is 0. The minimum atomic E-state index is -3.66. The van der Waals surface area contributed by atoms with Crippen molar-refractivity contribution in [2.75, 3.05) is 26.8 Å². The Labute approximate surface area is 184 Å². The van der Waals surface area contributed by atoms with E-state index in [9.17, 15) is 13.2 Å². The van der Waals surface area contributed by atoms with Gasteiger partial charge in [0, 0.05) is 13.1 Å². The average molecular weight is 447 g/mol. The molecule has 1 heterocycles. The third kappa shape index (κ3) is 5.57. The van der Waals surface area contributed by atoms with Crippen LogP contribution in [-0.4, -0.2) is 45.4 Å². The SMILES string of the molecule is CCOc1ccc(C(C)NC(=O)C2CCCN(S(=O)(=O)c3ccc(OC)cc3)C2)cc1. The molecule has 1 N–H and O–H groups in total. The number of hydrogen-bond acceptors (Lipinski definition) is 5. The van der Waals surface area contributed by atoms with E-state index in [1.807, 2.05) is 38.1 Å². The summed E-state index contributed by atoms with van der Waals surface area (Å²) in [6.07, 6.45) is 1.31. The van der Waals surface area contributed by atoms with Crippen LogP contribution in [0.2, 0.25) is 0 Å². The fourth-order valence-electron chi connectivity index (χ4n) is 3.71. The van der Waals surface area contributed by atoms with Crippen molar-refractivity contribution in [1.82, 2.24) is 9.62 Å².